The molecule has 4 aromatic carbocycles. The third-order valence-electron chi connectivity index (χ3n) is 14.8. The Balaban J connectivity index is 0.000000155. The fourth-order valence-corrected chi connectivity index (χ4v) is 13.3. The number of hydrogen-bond acceptors (Lipinski definition) is 14. The van der Waals surface area contributed by atoms with Gasteiger partial charge in [0.25, 0.3) is 40.5 Å². The molecule has 23 heteroatoms. The number of nitrogens with one attached hydrogen (secondary N) is 2. The first-order chi connectivity index (χ1) is 36.8. The number of hydrogen-bond donors (Lipinski definition) is 6. The molecule has 8 bridgehead atoms. The van der Waals surface area contributed by atoms with Gasteiger partial charge in [0, 0.05) is 76.1 Å². The molecule has 428 valence electrons. The first-order valence-corrected chi connectivity index (χ1v) is 31.5. The molecule has 8 N–H and O–H groups in total. The first-order valence-electron chi connectivity index (χ1n) is 25.7. The van der Waals surface area contributed by atoms with Gasteiger partial charge in [0.05, 0.1) is 31.0 Å². The molecule has 4 unspecified atom stereocenters. The summed E-state index contributed by atoms with van der Waals surface area (Å²) < 4.78 is 118. The smallest absolute Gasteiger partial charge is 0.294 e. The van der Waals surface area contributed by atoms with E-state index in [4.69, 9.17) is 18.2 Å². The van der Waals surface area contributed by atoms with E-state index in [-0.39, 0.29) is 25.1 Å². The van der Waals surface area contributed by atoms with Crippen LogP contribution in [0.3, 0.4) is 0 Å². The second kappa shape index (κ2) is 27.2. The molecule has 6 aromatic rings. The molecule has 6 aliphatic heterocycles. The molecular formula is C56H72N6O13S4. The van der Waals surface area contributed by atoms with Crippen molar-refractivity contribution < 1.29 is 57.4 Å². The van der Waals surface area contributed by atoms with Gasteiger partial charge >= 0.3 is 0 Å². The number of aryl methyl sites for hydroxylation is 4. The minimum Gasteiger partial charge on any atom is -0.412 e. The Kier molecular flexibility index (Phi) is 21.5. The maximum Gasteiger partial charge on any atom is 0.294 e. The highest BCUT2D eigenvalue weighted by atomic mass is 32.2. The van der Waals surface area contributed by atoms with Crippen LogP contribution in [0.1, 0.15) is 47.9 Å². The number of anilines is 2. The van der Waals surface area contributed by atoms with E-state index in [9.17, 15) is 33.7 Å². The largest absolute Gasteiger partial charge is 0.412 e. The normalized spacial score (nSPS) is 24.8. The van der Waals surface area contributed by atoms with Crippen molar-refractivity contribution in [1.29, 1.82) is 0 Å². The second-order valence-electron chi connectivity index (χ2n) is 21.1. The molecule has 6 saturated heterocycles. The van der Waals surface area contributed by atoms with Crippen LogP contribution in [0.4, 0.5) is 11.4 Å². The molecule has 79 heavy (non-hydrogen) atoms. The Morgan fingerprint density at radius 2 is 0.633 bits per heavy atom. The number of aromatic nitrogens is 2. The van der Waals surface area contributed by atoms with Gasteiger partial charge in [0.15, 0.2) is 0 Å². The summed E-state index contributed by atoms with van der Waals surface area (Å²) >= 11 is 0. The van der Waals surface area contributed by atoms with Gasteiger partial charge in [0.2, 0.25) is 0 Å². The Morgan fingerprint density at radius 1 is 0.392 bits per heavy atom. The third kappa shape index (κ3) is 18.7. The Bertz CT molecular complexity index is 2920. The van der Waals surface area contributed by atoms with Gasteiger partial charge in [-0.15, -0.1) is 0 Å². The SMILES string of the molecule is Cc1ccc(S(=O)(=O)O)cc1.Cc1ccc(S(=O)(=O)O)cc1.Cc1ccc(S(=O)(=O)O)cc1.Cc1ccc(S(=O)(=O)O)cc1.O.c1cncc(NC2C3CC4CC2CN(C4)C3)c1.c1cncc(NC2C3CC4CC2CN(C4)C3)c1. The van der Waals surface area contributed by atoms with Gasteiger partial charge in [-0.25, -0.2) is 0 Å². The lowest BCUT2D eigenvalue weighted by molar-refractivity contribution is -0.0269. The van der Waals surface area contributed by atoms with E-state index in [0.29, 0.717) is 12.1 Å². The highest BCUT2D eigenvalue weighted by Gasteiger charge is 2.48. The Hall–Kier alpha value is -5.70. The van der Waals surface area contributed by atoms with Crippen LogP contribution in [0.2, 0.25) is 0 Å². The highest BCUT2D eigenvalue weighted by Crippen LogP contribution is 2.45. The van der Waals surface area contributed by atoms with Crippen molar-refractivity contribution in [3.8, 4) is 0 Å². The fourth-order valence-electron chi connectivity index (χ4n) is 11.4. The Labute approximate surface area is 465 Å². The minimum absolute atomic E-state index is 0. The summed E-state index contributed by atoms with van der Waals surface area (Å²) in [6, 6.07) is 33.6. The van der Waals surface area contributed by atoms with E-state index < -0.39 is 40.5 Å². The summed E-state index contributed by atoms with van der Waals surface area (Å²) in [5, 5.41) is 7.47. The average molecular weight is 1170 g/mol. The van der Waals surface area contributed by atoms with Crippen molar-refractivity contribution >= 4 is 51.8 Å². The lowest BCUT2D eigenvalue weighted by atomic mass is 9.65. The maximum absolute atomic E-state index is 10.5. The zero-order chi connectivity index (χ0) is 56.4. The average Bonchev–Trinajstić information content (AvgIpc) is 3.40. The van der Waals surface area contributed by atoms with Gasteiger partial charge in [0.1, 0.15) is 0 Å². The molecule has 4 atom stereocenters. The molecule has 0 spiro atoms. The summed E-state index contributed by atoms with van der Waals surface area (Å²) in [5.74, 6) is 5.42. The van der Waals surface area contributed by atoms with Gasteiger partial charge in [-0.3, -0.25) is 28.2 Å². The van der Waals surface area contributed by atoms with Crippen molar-refractivity contribution in [2.24, 2.45) is 35.5 Å². The second-order valence-corrected chi connectivity index (χ2v) is 26.8. The summed E-state index contributed by atoms with van der Waals surface area (Å²) in [6.45, 7) is 15.3. The van der Waals surface area contributed by atoms with E-state index in [1.165, 1.54) is 125 Å². The predicted octanol–water partition coefficient (Wildman–Crippen LogP) is 7.81. The van der Waals surface area contributed by atoms with Gasteiger partial charge in [-0.2, -0.15) is 33.7 Å². The van der Waals surface area contributed by atoms with Crippen LogP contribution in [0, 0.1) is 63.2 Å². The molecular weight excluding hydrogens is 1090 g/mol. The van der Waals surface area contributed by atoms with Crippen LogP contribution in [-0.4, -0.2) is 128 Å². The topological polar surface area (TPSA) is 305 Å². The summed E-state index contributed by atoms with van der Waals surface area (Å²) in [5.41, 5.74) is 6.21. The Morgan fingerprint density at radius 3 is 0.823 bits per heavy atom. The molecule has 19 nitrogen and oxygen atoms in total. The van der Waals surface area contributed by atoms with Gasteiger partial charge in [-0.1, -0.05) is 70.8 Å². The van der Waals surface area contributed by atoms with Crippen LogP contribution in [0.25, 0.3) is 0 Å². The van der Waals surface area contributed by atoms with Crippen LogP contribution in [0.15, 0.2) is 166 Å². The number of piperidine rings is 6. The third-order valence-corrected chi connectivity index (χ3v) is 18.3. The van der Waals surface area contributed by atoms with Gasteiger partial charge in [-0.05, 0) is 162 Å². The molecule has 0 radical (unpaired) electrons. The minimum atomic E-state index is -4.02. The number of pyridine rings is 2. The van der Waals surface area contributed by atoms with E-state index in [1.807, 2.05) is 64.6 Å². The van der Waals surface area contributed by atoms with Crippen LogP contribution in [-0.2, 0) is 40.5 Å². The quantitative estimate of drug-likeness (QED) is 0.0792. The molecule has 2 saturated carbocycles. The summed E-state index contributed by atoms with van der Waals surface area (Å²) in [6.07, 6.45) is 13.3. The van der Waals surface area contributed by atoms with Crippen LogP contribution >= 0.6 is 0 Å². The zero-order valence-corrected chi connectivity index (χ0v) is 47.8. The number of rotatable bonds is 8. The fraction of sp³-hybridized carbons (Fsp3) is 0.393. The van der Waals surface area contributed by atoms with E-state index in [1.54, 1.807) is 48.5 Å². The van der Waals surface area contributed by atoms with E-state index in [0.717, 1.165) is 57.8 Å². The van der Waals surface area contributed by atoms with Crippen LogP contribution in [0.5, 0.6) is 0 Å². The number of nitrogens with zero attached hydrogens (tertiary/aromatic N) is 4. The van der Waals surface area contributed by atoms with Crippen LogP contribution < -0.4 is 10.6 Å². The van der Waals surface area contributed by atoms with Crippen molar-refractivity contribution in [2.45, 2.75) is 85.0 Å². The molecule has 2 aromatic heterocycles. The molecule has 14 rings (SSSR count). The standard InChI is InChI=1S/2C14H19N3.4C7H8O3S.H2O/c2*1-2-13(6-15-3-1)16-14-11-4-10-5-12(14)9-17(7-10)8-11;4*1-6-2-4-7(5-3-6)11(8,9)10;/h2*1-3,6,10-12,14,16H,4-5,7-9H2;4*2-5H,1H3,(H,8,9,10);1H2. The summed E-state index contributed by atoms with van der Waals surface area (Å²) in [7, 11) is -16.1. The van der Waals surface area contributed by atoms with E-state index >= 15 is 0 Å². The monoisotopic (exact) mass is 1160 g/mol. The molecule has 8 fully saturated rings. The lowest BCUT2D eigenvalue weighted by Crippen LogP contribution is -2.62. The number of benzene rings is 4. The van der Waals surface area contributed by atoms with Gasteiger partial charge < -0.3 is 25.9 Å². The van der Waals surface area contributed by atoms with Crippen molar-refractivity contribution in [3.63, 3.8) is 0 Å². The molecule has 8 aliphatic rings. The molecule has 2 aliphatic carbocycles. The van der Waals surface area contributed by atoms with Crippen molar-refractivity contribution in [3.05, 3.63) is 168 Å². The predicted molar refractivity (Wildman–Crippen MR) is 303 cm³/mol. The summed E-state index contributed by atoms with van der Waals surface area (Å²) in [4.78, 5) is 13.5. The molecule has 8 heterocycles. The molecule has 0 amide bonds. The zero-order valence-electron chi connectivity index (χ0n) is 44.5. The maximum atomic E-state index is 10.5. The van der Waals surface area contributed by atoms with E-state index in [2.05, 4.69) is 42.5 Å². The first kappa shape index (κ1) is 62.5. The van der Waals surface area contributed by atoms with Crippen molar-refractivity contribution in [1.82, 2.24) is 19.8 Å². The highest BCUT2D eigenvalue weighted by molar-refractivity contribution is 7.86. The van der Waals surface area contributed by atoms with Crippen molar-refractivity contribution in [2.75, 3.05) is 49.9 Å². The lowest BCUT2D eigenvalue weighted by Gasteiger charge is -2.56.